The lowest BCUT2D eigenvalue weighted by Gasteiger charge is -2.45. The van der Waals surface area contributed by atoms with Crippen LogP contribution in [0.4, 0.5) is 0 Å². The normalized spacial score (nSPS) is 22.1. The van der Waals surface area contributed by atoms with Crippen molar-refractivity contribution in [2.45, 2.75) is 224 Å². The van der Waals surface area contributed by atoms with Crippen LogP contribution in [0.5, 0.6) is 0 Å². The van der Waals surface area contributed by atoms with Crippen LogP contribution in [-0.4, -0.2) is 93.2 Å². The topological polar surface area (TPSA) is 335 Å². The van der Waals surface area contributed by atoms with E-state index < -0.39 is 83.5 Å². The Morgan fingerprint density at radius 3 is 1.34 bits per heavy atom. The summed E-state index contributed by atoms with van der Waals surface area (Å²) in [5.74, 6) is -1.30. The van der Waals surface area contributed by atoms with Gasteiger partial charge in [-0.15, -0.1) is 0 Å². The van der Waals surface area contributed by atoms with Crippen molar-refractivity contribution in [3.05, 3.63) is 48.6 Å². The highest BCUT2D eigenvalue weighted by Crippen LogP contribution is 2.45. The number of phosphoric acid groups is 2. The lowest BCUT2D eigenvalue weighted by molar-refractivity contribution is -0.271. The SMILES string of the molecule is CCCCC/C=C/C/C=C/C/C=C/C/C=C/CCCC(=O)OC[C@H](COP(=O)([O-])OC1[C@H](O)[C@H](O)C(OP(=O)([O-])O)[C@H](O)[C@H]1O)OC(=O)CCCCCCCCCCCCCCCCC.[NH4+].[NH4+]. The summed E-state index contributed by atoms with van der Waals surface area (Å²) in [4.78, 5) is 58.3. The second kappa shape index (κ2) is 41.6. The largest absolute Gasteiger partial charge is 0.756 e. The third-order valence-corrected chi connectivity index (χ3v) is 12.4. The van der Waals surface area contributed by atoms with Crippen LogP contribution in [0.25, 0.3) is 0 Å². The number of esters is 2. The first-order chi connectivity index (χ1) is 31.1. The summed E-state index contributed by atoms with van der Waals surface area (Å²) in [6.07, 6.45) is 27.2. The molecule has 0 aromatic heterocycles. The molecule has 0 bridgehead atoms. The fraction of sp³-hybridized carbons (Fsp3) is 0.787. The van der Waals surface area contributed by atoms with Gasteiger partial charge in [0, 0.05) is 12.8 Å². The summed E-state index contributed by atoms with van der Waals surface area (Å²) >= 11 is 0. The van der Waals surface area contributed by atoms with Gasteiger partial charge in [-0.05, 0) is 51.4 Å². The minimum atomic E-state index is -5.58. The van der Waals surface area contributed by atoms with Crippen LogP contribution >= 0.6 is 15.6 Å². The molecule has 1 aliphatic carbocycles. The minimum Gasteiger partial charge on any atom is -0.756 e. The first kappa shape index (κ1) is 67.0. The van der Waals surface area contributed by atoms with E-state index in [4.69, 9.17) is 23.4 Å². The van der Waals surface area contributed by atoms with Gasteiger partial charge in [0.2, 0.25) is 0 Å². The van der Waals surface area contributed by atoms with Gasteiger partial charge in [0.05, 0.1) is 6.61 Å². The molecule has 18 nitrogen and oxygen atoms in total. The number of ether oxygens (including phenoxy) is 2. The molecule has 4 unspecified atom stereocenters. The molecule has 20 heteroatoms. The Morgan fingerprint density at radius 1 is 0.522 bits per heavy atom. The molecule has 1 fully saturated rings. The van der Waals surface area contributed by atoms with Crippen LogP contribution in [-0.2, 0) is 41.8 Å². The number of unbranched alkanes of at least 4 members (excludes halogenated alkanes) is 18. The Kier molecular flexibility index (Phi) is 41.6. The predicted molar refractivity (Wildman–Crippen MR) is 258 cm³/mol. The van der Waals surface area contributed by atoms with E-state index in [1.807, 2.05) is 12.2 Å². The number of carbonyl (C=O) groups excluding carboxylic acids is 2. The third-order valence-electron chi connectivity index (χ3n) is 10.9. The monoisotopic (exact) mass is 1000 g/mol. The first-order valence-corrected chi connectivity index (χ1v) is 27.1. The molecule has 67 heavy (non-hydrogen) atoms. The molecule has 0 aromatic carbocycles. The maximum atomic E-state index is 12.8. The zero-order chi connectivity index (χ0) is 48.2. The van der Waals surface area contributed by atoms with Gasteiger partial charge in [-0.2, -0.15) is 0 Å². The highest BCUT2D eigenvalue weighted by Gasteiger charge is 2.52. The summed E-state index contributed by atoms with van der Waals surface area (Å²) in [6.45, 7) is 2.96. The van der Waals surface area contributed by atoms with Gasteiger partial charge in [-0.3, -0.25) is 18.7 Å². The number of phosphoric ester groups is 2. The first-order valence-electron chi connectivity index (χ1n) is 24.1. The van der Waals surface area contributed by atoms with Gasteiger partial charge in [0.1, 0.15) is 43.2 Å². The molecule has 394 valence electrons. The summed E-state index contributed by atoms with van der Waals surface area (Å²) in [6, 6.07) is 0. The molecule has 0 saturated heterocycles. The van der Waals surface area contributed by atoms with Gasteiger partial charge in [0.25, 0.3) is 15.6 Å². The fourth-order valence-corrected chi connectivity index (χ4v) is 8.64. The quantitative estimate of drug-likeness (QED) is 0.0130. The number of quaternary nitrogens is 2. The maximum absolute atomic E-state index is 12.8. The molecule has 0 spiro atoms. The fourth-order valence-electron chi connectivity index (χ4n) is 7.12. The lowest BCUT2D eigenvalue weighted by atomic mass is 9.85. The number of aliphatic hydroxyl groups excluding tert-OH is 4. The zero-order valence-electron chi connectivity index (χ0n) is 41.1. The van der Waals surface area contributed by atoms with Crippen LogP contribution < -0.4 is 22.1 Å². The van der Waals surface area contributed by atoms with E-state index in [-0.39, 0.29) is 25.1 Å². The van der Waals surface area contributed by atoms with E-state index in [1.165, 1.54) is 83.5 Å². The number of allylic oxidation sites excluding steroid dienone is 8. The van der Waals surface area contributed by atoms with Gasteiger partial charge >= 0.3 is 11.9 Å². The Bertz CT molecular complexity index is 1450. The summed E-state index contributed by atoms with van der Waals surface area (Å²) < 4.78 is 48.4. The van der Waals surface area contributed by atoms with E-state index in [0.717, 1.165) is 51.4 Å². The molecular weight excluding hydrogens is 910 g/mol. The Morgan fingerprint density at radius 2 is 0.896 bits per heavy atom. The minimum absolute atomic E-state index is 0. The number of hydrogen-bond acceptors (Lipinski definition) is 15. The highest BCUT2D eigenvalue weighted by molar-refractivity contribution is 7.46. The van der Waals surface area contributed by atoms with Crippen LogP contribution in [0.1, 0.15) is 181 Å². The van der Waals surface area contributed by atoms with Crippen molar-refractivity contribution in [1.82, 2.24) is 12.3 Å². The molecule has 0 radical (unpaired) electrons. The van der Waals surface area contributed by atoms with E-state index in [9.17, 15) is 48.9 Å². The molecule has 0 aliphatic heterocycles. The average Bonchev–Trinajstić information content (AvgIpc) is 3.26. The van der Waals surface area contributed by atoms with Crippen LogP contribution in [0, 0.1) is 0 Å². The standard InChI is InChI=1S/C47H84O16P2.2H3N/c1-3-5-7-9-11-13-15-17-19-20-22-23-25-27-29-31-33-35-40(48)59-37-39(61-41(49)36-34-32-30-28-26-24-21-18-16-14-12-10-8-6-4-2)38-60-65(57,58)63-47-44(52)42(50)46(43(51)45(47)53)62-64(54,55)56;;/h11,13,17,19,22-23,27,29,39,42-47,50-53H,3-10,12,14-16,18,20-21,24-26,28,30-38H2,1-2H3,(H,57,58)(H2,54,55,56);2*1H3/b13-11+,19-17+,23-22+,29-27+;;/t39-,42-,43+,44-,45-,46?,47?;;/m1../s1. The summed E-state index contributed by atoms with van der Waals surface area (Å²) in [5.41, 5.74) is 0. The summed E-state index contributed by atoms with van der Waals surface area (Å²) in [7, 11) is -11.1. The van der Waals surface area contributed by atoms with Gasteiger partial charge in [-0.1, -0.05) is 165 Å². The van der Waals surface area contributed by atoms with Crippen molar-refractivity contribution in [3.63, 3.8) is 0 Å². The second-order valence-corrected chi connectivity index (χ2v) is 19.3. The average molecular weight is 1000 g/mol. The van der Waals surface area contributed by atoms with Crippen LogP contribution in [0.15, 0.2) is 48.6 Å². The smallest absolute Gasteiger partial charge is 0.306 e. The van der Waals surface area contributed by atoms with E-state index in [2.05, 4.69) is 54.8 Å². The Balaban J connectivity index is 0. The number of hydrogen-bond donors (Lipinski definition) is 7. The van der Waals surface area contributed by atoms with Crippen molar-refractivity contribution < 1.29 is 76.9 Å². The van der Waals surface area contributed by atoms with Crippen LogP contribution in [0.3, 0.4) is 0 Å². The Labute approximate surface area is 401 Å². The molecule has 13 N–H and O–H groups in total. The molecule has 9 atom stereocenters. The molecule has 1 saturated carbocycles. The second-order valence-electron chi connectivity index (χ2n) is 16.8. The van der Waals surface area contributed by atoms with Crippen molar-refractivity contribution in [2.75, 3.05) is 13.2 Å². The molecular formula is C47H90N2O16P2. The number of rotatable bonds is 40. The van der Waals surface area contributed by atoms with Gasteiger partial charge in [0.15, 0.2) is 6.10 Å². The Hall–Kier alpha value is -2.12. The van der Waals surface area contributed by atoms with E-state index >= 15 is 0 Å². The van der Waals surface area contributed by atoms with Gasteiger partial charge in [-0.25, -0.2) is 0 Å². The van der Waals surface area contributed by atoms with Crippen molar-refractivity contribution >= 4 is 27.6 Å². The molecule has 0 aromatic rings. The number of carbonyl (C=O) groups is 2. The molecule has 0 amide bonds. The third kappa shape index (κ3) is 35.6. The predicted octanol–water partition coefficient (Wildman–Crippen LogP) is 8.77. The zero-order valence-corrected chi connectivity index (χ0v) is 42.9. The van der Waals surface area contributed by atoms with Crippen molar-refractivity contribution in [3.8, 4) is 0 Å². The molecule has 1 rings (SSSR count). The molecule has 0 heterocycles. The number of aliphatic hydroxyl groups is 4. The van der Waals surface area contributed by atoms with Crippen molar-refractivity contribution in [1.29, 1.82) is 0 Å². The lowest BCUT2D eigenvalue weighted by Crippen LogP contribution is -2.64. The van der Waals surface area contributed by atoms with Crippen LogP contribution in [0.2, 0.25) is 0 Å². The van der Waals surface area contributed by atoms with Crippen molar-refractivity contribution in [2.24, 2.45) is 0 Å². The van der Waals surface area contributed by atoms with E-state index in [0.29, 0.717) is 19.3 Å². The molecule has 1 aliphatic rings. The van der Waals surface area contributed by atoms with E-state index in [1.54, 1.807) is 0 Å². The summed E-state index contributed by atoms with van der Waals surface area (Å²) in [5, 5.41) is 41.3. The maximum Gasteiger partial charge on any atom is 0.306 e. The van der Waals surface area contributed by atoms with Gasteiger partial charge < -0.3 is 70.5 Å². The highest BCUT2D eigenvalue weighted by atomic mass is 31.2.